The van der Waals surface area contributed by atoms with Gasteiger partial charge in [0.25, 0.3) is 0 Å². The van der Waals surface area contributed by atoms with Gasteiger partial charge in [-0.25, -0.2) is 0 Å². The van der Waals surface area contributed by atoms with Crippen LogP contribution in [0.25, 0.3) is 0 Å². The van der Waals surface area contributed by atoms with Crippen LogP contribution in [0.1, 0.15) is 24.0 Å². The largest absolute Gasteiger partial charge is 0.490 e. The third-order valence-electron chi connectivity index (χ3n) is 3.95. The summed E-state index contributed by atoms with van der Waals surface area (Å²) in [4.78, 5) is 6.57. The fourth-order valence-electron chi connectivity index (χ4n) is 2.61. The van der Waals surface area contributed by atoms with Gasteiger partial charge in [-0.05, 0) is 44.6 Å². The fraction of sp³-hybridized carbons (Fsp3) is 0.316. The van der Waals surface area contributed by atoms with Crippen LogP contribution in [0.15, 0.2) is 48.8 Å². The highest BCUT2D eigenvalue weighted by Crippen LogP contribution is 2.17. The number of hydrogen-bond acceptors (Lipinski definition) is 3. The van der Waals surface area contributed by atoms with Gasteiger partial charge in [0.2, 0.25) is 0 Å². The average Bonchev–Trinajstić information content (AvgIpc) is 2.98. The molecule has 1 aromatic heterocycles. The van der Waals surface area contributed by atoms with E-state index in [0.29, 0.717) is 12.6 Å². The van der Waals surface area contributed by atoms with Crippen molar-refractivity contribution in [2.24, 2.45) is 0 Å². The lowest BCUT2D eigenvalue weighted by molar-refractivity contribution is 0.198. The SMILES string of the molecule is CN1CCCC1COc1cncc(C#Cc2ccccc2)c1. The molecule has 0 N–H and O–H groups in total. The van der Waals surface area contributed by atoms with Crippen LogP contribution in [0.3, 0.4) is 0 Å². The van der Waals surface area contributed by atoms with Gasteiger partial charge in [-0.2, -0.15) is 0 Å². The van der Waals surface area contributed by atoms with Crippen LogP contribution >= 0.6 is 0 Å². The third-order valence-corrected chi connectivity index (χ3v) is 3.95. The van der Waals surface area contributed by atoms with Crippen LogP contribution in [0.5, 0.6) is 5.75 Å². The third kappa shape index (κ3) is 3.87. The lowest BCUT2D eigenvalue weighted by Crippen LogP contribution is -2.30. The Morgan fingerprint density at radius 3 is 2.77 bits per heavy atom. The number of pyridine rings is 1. The molecule has 0 aliphatic carbocycles. The Labute approximate surface area is 131 Å². The maximum absolute atomic E-state index is 5.88. The van der Waals surface area contributed by atoms with E-state index in [1.165, 1.54) is 12.8 Å². The van der Waals surface area contributed by atoms with Gasteiger partial charge in [0.15, 0.2) is 0 Å². The van der Waals surface area contributed by atoms with E-state index in [4.69, 9.17) is 4.74 Å². The molecule has 3 nitrogen and oxygen atoms in total. The molecule has 112 valence electrons. The second-order valence-corrected chi connectivity index (χ2v) is 5.61. The van der Waals surface area contributed by atoms with Gasteiger partial charge in [0, 0.05) is 23.4 Å². The van der Waals surface area contributed by atoms with Gasteiger partial charge in [-0.3, -0.25) is 4.98 Å². The number of aromatic nitrogens is 1. The Bertz CT molecular complexity index is 673. The molecule has 2 aromatic rings. The van der Waals surface area contributed by atoms with Crippen molar-refractivity contribution in [1.82, 2.24) is 9.88 Å². The summed E-state index contributed by atoms with van der Waals surface area (Å²) < 4.78 is 5.88. The summed E-state index contributed by atoms with van der Waals surface area (Å²) in [5.41, 5.74) is 1.88. The van der Waals surface area contributed by atoms with Gasteiger partial charge in [-0.1, -0.05) is 30.0 Å². The van der Waals surface area contributed by atoms with E-state index < -0.39 is 0 Å². The van der Waals surface area contributed by atoms with E-state index in [9.17, 15) is 0 Å². The second kappa shape index (κ2) is 7.11. The van der Waals surface area contributed by atoms with Crippen molar-refractivity contribution in [3.8, 4) is 17.6 Å². The van der Waals surface area contributed by atoms with Crippen LogP contribution in [0.4, 0.5) is 0 Å². The molecule has 1 aromatic carbocycles. The zero-order valence-corrected chi connectivity index (χ0v) is 12.8. The van der Waals surface area contributed by atoms with Crippen molar-refractivity contribution in [3.63, 3.8) is 0 Å². The van der Waals surface area contributed by atoms with Crippen LogP contribution in [0.2, 0.25) is 0 Å². The molecule has 1 aliphatic heterocycles. The Morgan fingerprint density at radius 2 is 2.00 bits per heavy atom. The summed E-state index contributed by atoms with van der Waals surface area (Å²) in [5, 5.41) is 0. The molecule has 3 heteroatoms. The zero-order valence-electron chi connectivity index (χ0n) is 12.8. The van der Waals surface area contributed by atoms with Gasteiger partial charge in [-0.15, -0.1) is 0 Å². The Balaban J connectivity index is 1.64. The highest BCUT2D eigenvalue weighted by atomic mass is 16.5. The first-order valence-electron chi connectivity index (χ1n) is 7.66. The summed E-state index contributed by atoms with van der Waals surface area (Å²) in [6.45, 7) is 1.88. The molecule has 0 saturated carbocycles. The van der Waals surface area contributed by atoms with E-state index >= 15 is 0 Å². The van der Waals surface area contributed by atoms with E-state index in [1.54, 1.807) is 12.4 Å². The van der Waals surface area contributed by atoms with Crippen LogP contribution in [-0.2, 0) is 0 Å². The standard InChI is InChI=1S/C19H20N2O/c1-21-11-5-8-18(21)15-22-19-12-17(13-20-14-19)10-9-16-6-3-2-4-7-16/h2-4,6-7,12-14,18H,5,8,11,15H2,1H3. The van der Waals surface area contributed by atoms with Gasteiger partial charge >= 0.3 is 0 Å². The lowest BCUT2D eigenvalue weighted by atomic mass is 10.2. The quantitative estimate of drug-likeness (QED) is 0.813. The number of likely N-dealkylation sites (N-methyl/N-ethyl adjacent to an activating group) is 1. The number of nitrogens with zero attached hydrogens (tertiary/aromatic N) is 2. The first-order valence-corrected chi connectivity index (χ1v) is 7.66. The van der Waals surface area contributed by atoms with E-state index in [-0.39, 0.29) is 0 Å². The molecule has 1 saturated heterocycles. The van der Waals surface area contributed by atoms with Crippen molar-refractivity contribution in [2.75, 3.05) is 20.2 Å². The van der Waals surface area contributed by atoms with Crippen molar-refractivity contribution in [3.05, 3.63) is 59.9 Å². The lowest BCUT2D eigenvalue weighted by Gasteiger charge is -2.19. The molecule has 0 amide bonds. The average molecular weight is 292 g/mol. The first kappa shape index (κ1) is 14.6. The van der Waals surface area contributed by atoms with Gasteiger partial charge in [0.05, 0.1) is 6.20 Å². The maximum Gasteiger partial charge on any atom is 0.138 e. The second-order valence-electron chi connectivity index (χ2n) is 5.61. The highest BCUT2D eigenvalue weighted by Gasteiger charge is 2.21. The predicted octanol–water partition coefficient (Wildman–Crippen LogP) is 2.95. The minimum absolute atomic E-state index is 0.513. The normalized spacial score (nSPS) is 17.8. The summed E-state index contributed by atoms with van der Waals surface area (Å²) in [7, 11) is 2.15. The molecule has 3 rings (SSSR count). The molecule has 0 bridgehead atoms. The summed E-state index contributed by atoms with van der Waals surface area (Å²) in [6, 6.07) is 12.4. The van der Waals surface area contributed by atoms with Crippen LogP contribution in [-0.4, -0.2) is 36.1 Å². The van der Waals surface area contributed by atoms with Crippen LogP contribution < -0.4 is 4.74 Å². The van der Waals surface area contributed by atoms with Crippen molar-refractivity contribution < 1.29 is 4.74 Å². The number of ether oxygens (including phenoxy) is 1. The fourth-order valence-corrected chi connectivity index (χ4v) is 2.61. The topological polar surface area (TPSA) is 25.4 Å². The molecular weight excluding hydrogens is 272 g/mol. The van der Waals surface area contributed by atoms with Crippen LogP contribution in [0, 0.1) is 11.8 Å². The molecule has 1 unspecified atom stereocenters. The van der Waals surface area contributed by atoms with Gasteiger partial charge < -0.3 is 9.64 Å². The van der Waals surface area contributed by atoms with Gasteiger partial charge in [0.1, 0.15) is 12.4 Å². The number of likely N-dealkylation sites (tertiary alicyclic amines) is 1. The molecule has 22 heavy (non-hydrogen) atoms. The number of benzene rings is 1. The molecule has 0 spiro atoms. The van der Waals surface area contributed by atoms with Crippen molar-refractivity contribution >= 4 is 0 Å². The molecule has 1 fully saturated rings. The van der Waals surface area contributed by atoms with E-state index in [0.717, 1.165) is 23.4 Å². The molecular formula is C19H20N2O. The summed E-state index contributed by atoms with van der Waals surface area (Å²) >= 11 is 0. The Morgan fingerprint density at radius 1 is 1.18 bits per heavy atom. The minimum Gasteiger partial charge on any atom is -0.490 e. The predicted molar refractivity (Wildman–Crippen MR) is 87.8 cm³/mol. The summed E-state index contributed by atoms with van der Waals surface area (Å²) in [6.07, 6.45) is 5.98. The summed E-state index contributed by atoms with van der Waals surface area (Å²) in [5.74, 6) is 7.07. The Hall–Kier alpha value is -2.31. The van der Waals surface area contributed by atoms with Crippen molar-refractivity contribution in [2.45, 2.75) is 18.9 Å². The molecule has 0 radical (unpaired) electrons. The maximum atomic E-state index is 5.88. The molecule has 1 atom stereocenters. The number of rotatable bonds is 3. The van der Waals surface area contributed by atoms with E-state index in [2.05, 4.69) is 28.8 Å². The minimum atomic E-state index is 0.513. The highest BCUT2D eigenvalue weighted by molar-refractivity contribution is 5.43. The monoisotopic (exact) mass is 292 g/mol. The smallest absolute Gasteiger partial charge is 0.138 e. The molecule has 2 heterocycles. The van der Waals surface area contributed by atoms with Crippen molar-refractivity contribution in [1.29, 1.82) is 0 Å². The molecule has 1 aliphatic rings. The van der Waals surface area contributed by atoms with E-state index in [1.807, 2.05) is 36.4 Å². The first-order chi connectivity index (χ1) is 10.8. The zero-order chi connectivity index (χ0) is 15.2. The Kier molecular flexibility index (Phi) is 4.72. The number of hydrogen-bond donors (Lipinski definition) is 0.